The normalized spacial score (nSPS) is 15.9. The molecule has 0 unspecified atom stereocenters. The van der Waals surface area contributed by atoms with E-state index in [2.05, 4.69) is 5.43 Å². The molecule has 3 rings (SSSR count). The maximum Gasteiger partial charge on any atom is 0.498 e. The van der Waals surface area contributed by atoms with Gasteiger partial charge in [-0.05, 0) is 108 Å². The average molecular weight is 624 g/mol. The van der Waals surface area contributed by atoms with Crippen molar-refractivity contribution in [2.45, 2.75) is 112 Å². The quantitative estimate of drug-likeness (QED) is 0.302. The van der Waals surface area contributed by atoms with Crippen LogP contribution in [0.3, 0.4) is 0 Å². The summed E-state index contributed by atoms with van der Waals surface area (Å²) >= 11 is 0. The molecule has 2 aromatic carbocycles. The average Bonchev–Trinajstić information content (AvgIpc) is 3.09. The van der Waals surface area contributed by atoms with E-state index in [1.807, 2.05) is 89.2 Å². The fourth-order valence-electron chi connectivity index (χ4n) is 5.17. The van der Waals surface area contributed by atoms with Crippen LogP contribution >= 0.6 is 0 Å². The molecule has 1 aliphatic rings. The van der Waals surface area contributed by atoms with E-state index in [1.165, 1.54) is 9.91 Å². The van der Waals surface area contributed by atoms with Crippen molar-refractivity contribution in [3.63, 3.8) is 0 Å². The Morgan fingerprint density at radius 1 is 0.889 bits per heavy atom. The van der Waals surface area contributed by atoms with Gasteiger partial charge in [-0.25, -0.2) is 9.80 Å². The third-order valence-corrected chi connectivity index (χ3v) is 8.35. The van der Waals surface area contributed by atoms with E-state index in [0.717, 1.165) is 11.1 Å². The second kappa shape index (κ2) is 12.7. The molecule has 10 nitrogen and oxygen atoms in total. The maximum atomic E-state index is 13.9. The summed E-state index contributed by atoms with van der Waals surface area (Å²) < 4.78 is 18.9. The van der Waals surface area contributed by atoms with Crippen LogP contribution in [0.15, 0.2) is 30.3 Å². The van der Waals surface area contributed by atoms with E-state index >= 15 is 0 Å². The lowest BCUT2D eigenvalue weighted by Crippen LogP contribution is -2.56. The smallest absolute Gasteiger partial charge is 0.492 e. The standard InChI is InChI=1S/C34H50BN3O7/c1-21-18-22(2)20-24(19-21)29(40)38(32(7,8)9)36-28(39)25-14-15-26(35-44-33(10,11)34(12,13)45-35)27(23(25)3)43-17-16-37(30(41)42)31(4,5)6/h14-15,18-20H,16-17H2,1-13H3,(H,36,39)(H,41,42). The van der Waals surface area contributed by atoms with Crippen molar-refractivity contribution in [2.24, 2.45) is 0 Å². The summed E-state index contributed by atoms with van der Waals surface area (Å²) in [7, 11) is -0.781. The summed E-state index contributed by atoms with van der Waals surface area (Å²) in [5.74, 6) is -0.461. The highest BCUT2D eigenvalue weighted by atomic mass is 16.7. The second-order valence-corrected chi connectivity index (χ2v) is 14.8. The zero-order valence-corrected chi connectivity index (χ0v) is 29.2. The van der Waals surface area contributed by atoms with Crippen molar-refractivity contribution < 1.29 is 33.5 Å². The fourth-order valence-corrected chi connectivity index (χ4v) is 5.17. The summed E-state index contributed by atoms with van der Waals surface area (Å²) in [6.45, 7) is 24.5. The Bertz CT molecular complexity index is 1420. The van der Waals surface area contributed by atoms with E-state index in [9.17, 15) is 19.5 Å². The number of carboxylic acid groups (broad SMARTS) is 1. The van der Waals surface area contributed by atoms with Crippen LogP contribution in [0.2, 0.25) is 0 Å². The van der Waals surface area contributed by atoms with Gasteiger partial charge < -0.3 is 24.1 Å². The van der Waals surface area contributed by atoms with Gasteiger partial charge in [0.25, 0.3) is 11.8 Å². The van der Waals surface area contributed by atoms with Gasteiger partial charge in [0.2, 0.25) is 0 Å². The van der Waals surface area contributed by atoms with Crippen molar-refractivity contribution in [3.8, 4) is 5.75 Å². The molecule has 45 heavy (non-hydrogen) atoms. The Morgan fingerprint density at radius 3 is 1.89 bits per heavy atom. The topological polar surface area (TPSA) is 118 Å². The zero-order valence-electron chi connectivity index (χ0n) is 29.2. The molecule has 246 valence electrons. The molecule has 3 amide bonds. The van der Waals surface area contributed by atoms with Crippen molar-refractivity contribution in [1.82, 2.24) is 15.3 Å². The summed E-state index contributed by atoms with van der Waals surface area (Å²) in [5, 5.41) is 11.1. The van der Waals surface area contributed by atoms with E-state index < -0.39 is 41.4 Å². The van der Waals surface area contributed by atoms with Crippen molar-refractivity contribution in [1.29, 1.82) is 0 Å². The van der Waals surface area contributed by atoms with Gasteiger partial charge in [0.15, 0.2) is 0 Å². The fraction of sp³-hybridized carbons (Fsp3) is 0.559. The molecule has 2 aromatic rings. The van der Waals surface area contributed by atoms with Crippen LogP contribution in [0.5, 0.6) is 5.75 Å². The molecule has 0 aromatic heterocycles. The van der Waals surface area contributed by atoms with Crippen LogP contribution in [-0.4, -0.2) is 75.5 Å². The molecular weight excluding hydrogens is 573 g/mol. The van der Waals surface area contributed by atoms with Crippen LogP contribution in [-0.2, 0) is 9.31 Å². The molecule has 0 saturated carbocycles. The van der Waals surface area contributed by atoms with Crippen molar-refractivity contribution in [2.75, 3.05) is 13.2 Å². The van der Waals surface area contributed by atoms with Gasteiger partial charge in [0.1, 0.15) is 12.4 Å². The first-order valence-electron chi connectivity index (χ1n) is 15.3. The van der Waals surface area contributed by atoms with E-state index in [0.29, 0.717) is 27.9 Å². The minimum absolute atomic E-state index is 0.0291. The number of nitrogens with zero attached hydrogens (tertiary/aromatic N) is 2. The second-order valence-electron chi connectivity index (χ2n) is 14.8. The van der Waals surface area contributed by atoms with Gasteiger partial charge in [-0.15, -0.1) is 0 Å². The molecule has 11 heteroatoms. The minimum atomic E-state index is -1.06. The first kappa shape index (κ1) is 35.9. The van der Waals surface area contributed by atoms with Crippen LogP contribution in [0.1, 0.15) is 107 Å². The number of carbonyl (C=O) groups is 3. The lowest BCUT2D eigenvalue weighted by molar-refractivity contribution is 0.00578. The van der Waals surface area contributed by atoms with Gasteiger partial charge in [0.05, 0.1) is 23.3 Å². The molecule has 1 saturated heterocycles. The number of rotatable bonds is 7. The zero-order chi connectivity index (χ0) is 34.3. The number of hydrazine groups is 1. The molecule has 2 N–H and O–H groups in total. The Labute approximate surface area is 268 Å². The Morgan fingerprint density at radius 2 is 1.42 bits per heavy atom. The van der Waals surface area contributed by atoms with Crippen LogP contribution in [0, 0.1) is 20.8 Å². The number of amides is 3. The number of hydrogen-bond acceptors (Lipinski definition) is 6. The van der Waals surface area contributed by atoms with Gasteiger partial charge in [-0.3, -0.25) is 15.0 Å². The third-order valence-electron chi connectivity index (χ3n) is 8.35. The Kier molecular flexibility index (Phi) is 10.1. The van der Waals surface area contributed by atoms with Crippen LogP contribution in [0.4, 0.5) is 4.79 Å². The first-order valence-corrected chi connectivity index (χ1v) is 15.3. The highest BCUT2D eigenvalue weighted by Crippen LogP contribution is 2.38. The van der Waals surface area contributed by atoms with Gasteiger partial charge >= 0.3 is 13.2 Å². The number of hydrogen-bond donors (Lipinski definition) is 2. The number of nitrogens with one attached hydrogen (secondary N) is 1. The van der Waals surface area contributed by atoms with Crippen molar-refractivity contribution >= 4 is 30.5 Å². The summed E-state index contributed by atoms with van der Waals surface area (Å²) in [6.07, 6.45) is -1.06. The SMILES string of the molecule is Cc1cc(C)cc(C(=O)N(NC(=O)c2ccc(B3OC(C)(C)C(C)(C)O3)c(OCCN(C(=O)O)C(C)(C)C)c2C)C(C)(C)C)c1. The molecule has 1 fully saturated rings. The van der Waals surface area contributed by atoms with Gasteiger partial charge in [-0.1, -0.05) is 23.3 Å². The molecular formula is C34H50BN3O7. The number of aryl methyl sites for hydroxylation is 2. The lowest BCUT2D eigenvalue weighted by atomic mass is 9.76. The first-order chi connectivity index (χ1) is 20.5. The minimum Gasteiger partial charge on any atom is -0.492 e. The number of carbonyl (C=O) groups excluding carboxylic acids is 2. The largest absolute Gasteiger partial charge is 0.498 e. The molecule has 1 aliphatic heterocycles. The predicted octanol–water partition coefficient (Wildman–Crippen LogP) is 5.65. The Hall–Kier alpha value is -3.57. The highest BCUT2D eigenvalue weighted by molar-refractivity contribution is 6.63. The number of ether oxygens (including phenoxy) is 1. The monoisotopic (exact) mass is 623 g/mol. The van der Waals surface area contributed by atoms with E-state index in [1.54, 1.807) is 31.2 Å². The maximum absolute atomic E-state index is 13.9. The van der Waals surface area contributed by atoms with E-state index in [-0.39, 0.29) is 19.1 Å². The van der Waals surface area contributed by atoms with Crippen LogP contribution in [0.25, 0.3) is 0 Å². The van der Waals surface area contributed by atoms with Crippen molar-refractivity contribution in [3.05, 3.63) is 58.1 Å². The lowest BCUT2D eigenvalue weighted by Gasteiger charge is -2.36. The third kappa shape index (κ3) is 8.00. The number of benzene rings is 2. The van der Waals surface area contributed by atoms with Crippen LogP contribution < -0.4 is 15.6 Å². The predicted molar refractivity (Wildman–Crippen MR) is 176 cm³/mol. The summed E-state index contributed by atoms with van der Waals surface area (Å²) in [6, 6.07) is 8.98. The molecule has 1 heterocycles. The molecule has 0 aliphatic carbocycles. The molecule has 0 atom stereocenters. The summed E-state index contributed by atoms with van der Waals surface area (Å²) in [5.41, 5.74) is 3.97. The highest BCUT2D eigenvalue weighted by Gasteiger charge is 2.52. The van der Waals surface area contributed by atoms with Gasteiger partial charge in [0, 0.05) is 27.7 Å². The summed E-state index contributed by atoms with van der Waals surface area (Å²) in [4.78, 5) is 40.8. The Balaban J connectivity index is 2.01. The molecule has 0 bridgehead atoms. The molecule has 0 spiro atoms. The van der Waals surface area contributed by atoms with E-state index in [4.69, 9.17) is 14.0 Å². The molecule has 0 radical (unpaired) electrons. The van der Waals surface area contributed by atoms with Gasteiger partial charge in [-0.2, -0.15) is 0 Å².